The van der Waals surface area contributed by atoms with Crippen LogP contribution in [0.4, 0.5) is 0 Å². The molecule has 0 saturated carbocycles. The predicted octanol–water partition coefficient (Wildman–Crippen LogP) is 1.35. The van der Waals surface area contributed by atoms with Crippen LogP contribution >= 0.6 is 0 Å². The summed E-state index contributed by atoms with van der Waals surface area (Å²) in [4.78, 5) is 11.3. The molecule has 0 amide bonds. The lowest BCUT2D eigenvalue weighted by atomic mass is 10.0. The average Bonchev–Trinajstić information content (AvgIpc) is 2.36. The first-order valence-corrected chi connectivity index (χ1v) is 5.01. The molecule has 84 valence electrons. The minimum atomic E-state index is -1.72. The molecule has 16 heavy (non-hydrogen) atoms. The summed E-state index contributed by atoms with van der Waals surface area (Å²) in [6, 6.07) is 9.17. The van der Waals surface area contributed by atoms with Crippen molar-refractivity contribution in [3.8, 4) is 11.8 Å². The van der Waals surface area contributed by atoms with Crippen molar-refractivity contribution in [3.63, 3.8) is 0 Å². The van der Waals surface area contributed by atoms with Crippen molar-refractivity contribution < 1.29 is 14.6 Å². The molecule has 3 nitrogen and oxygen atoms in total. The van der Waals surface area contributed by atoms with E-state index in [2.05, 4.69) is 16.6 Å². The standard InChI is InChI=1S/C13H14O3/c1-3-13(15,12(14)16-2)10-9-11-7-5-4-6-8-11/h4-8,15H,3H2,1-2H3. The Bertz CT molecular complexity index is 414. The van der Waals surface area contributed by atoms with Crippen LogP contribution in [0.2, 0.25) is 0 Å². The summed E-state index contributed by atoms with van der Waals surface area (Å²) >= 11 is 0. The third-order valence-corrected chi connectivity index (χ3v) is 2.22. The normalized spacial score (nSPS) is 13.2. The Hall–Kier alpha value is -1.79. The van der Waals surface area contributed by atoms with E-state index < -0.39 is 11.6 Å². The first kappa shape index (κ1) is 12.3. The number of hydrogen-bond acceptors (Lipinski definition) is 3. The summed E-state index contributed by atoms with van der Waals surface area (Å²) in [5, 5.41) is 9.90. The van der Waals surface area contributed by atoms with Gasteiger partial charge in [-0.25, -0.2) is 4.79 Å². The van der Waals surface area contributed by atoms with Crippen molar-refractivity contribution in [3.05, 3.63) is 35.9 Å². The van der Waals surface area contributed by atoms with Gasteiger partial charge in [-0.15, -0.1) is 0 Å². The molecule has 0 saturated heterocycles. The molecule has 1 rings (SSSR count). The van der Waals surface area contributed by atoms with Gasteiger partial charge in [-0.1, -0.05) is 37.0 Å². The largest absolute Gasteiger partial charge is 0.466 e. The van der Waals surface area contributed by atoms with E-state index in [0.717, 1.165) is 5.56 Å². The van der Waals surface area contributed by atoms with Crippen LogP contribution in [-0.4, -0.2) is 23.8 Å². The molecule has 1 atom stereocenters. The smallest absolute Gasteiger partial charge is 0.350 e. The fourth-order valence-electron chi connectivity index (χ4n) is 1.15. The van der Waals surface area contributed by atoms with Crippen LogP contribution in [0.5, 0.6) is 0 Å². The highest BCUT2D eigenvalue weighted by Crippen LogP contribution is 2.11. The molecule has 1 unspecified atom stereocenters. The highest BCUT2D eigenvalue weighted by Gasteiger charge is 2.32. The number of esters is 1. The Morgan fingerprint density at radius 2 is 2.06 bits per heavy atom. The maximum absolute atomic E-state index is 11.3. The number of aliphatic hydroxyl groups is 1. The molecular weight excluding hydrogens is 204 g/mol. The first-order chi connectivity index (χ1) is 7.62. The van der Waals surface area contributed by atoms with Crippen molar-refractivity contribution in [2.45, 2.75) is 18.9 Å². The number of benzene rings is 1. The number of rotatable bonds is 2. The van der Waals surface area contributed by atoms with Crippen molar-refractivity contribution in [1.29, 1.82) is 0 Å². The van der Waals surface area contributed by atoms with Gasteiger partial charge in [0.05, 0.1) is 7.11 Å². The maximum atomic E-state index is 11.3. The predicted molar refractivity (Wildman–Crippen MR) is 60.6 cm³/mol. The van der Waals surface area contributed by atoms with Gasteiger partial charge in [-0.3, -0.25) is 0 Å². The van der Waals surface area contributed by atoms with Gasteiger partial charge >= 0.3 is 5.97 Å². The molecule has 0 radical (unpaired) electrons. The fourth-order valence-corrected chi connectivity index (χ4v) is 1.15. The number of hydrogen-bond donors (Lipinski definition) is 1. The molecule has 0 aliphatic rings. The molecule has 1 N–H and O–H groups in total. The Morgan fingerprint density at radius 1 is 1.44 bits per heavy atom. The Morgan fingerprint density at radius 3 is 2.56 bits per heavy atom. The Kier molecular flexibility index (Phi) is 4.10. The topological polar surface area (TPSA) is 46.5 Å². The molecular formula is C13H14O3. The highest BCUT2D eigenvalue weighted by molar-refractivity contribution is 5.83. The van der Waals surface area contributed by atoms with Gasteiger partial charge in [0.2, 0.25) is 5.60 Å². The molecule has 3 heteroatoms. The van der Waals surface area contributed by atoms with Crippen LogP contribution in [-0.2, 0) is 9.53 Å². The zero-order valence-electron chi connectivity index (χ0n) is 9.36. The second-order valence-corrected chi connectivity index (χ2v) is 3.32. The SMILES string of the molecule is CCC(O)(C#Cc1ccccc1)C(=O)OC. The van der Waals surface area contributed by atoms with Crippen molar-refractivity contribution in [2.24, 2.45) is 0 Å². The van der Waals surface area contributed by atoms with Gasteiger partial charge in [0.25, 0.3) is 0 Å². The van der Waals surface area contributed by atoms with E-state index in [9.17, 15) is 9.90 Å². The lowest BCUT2D eigenvalue weighted by Gasteiger charge is -2.16. The molecule has 0 aromatic heterocycles. The van der Waals surface area contributed by atoms with E-state index in [-0.39, 0.29) is 6.42 Å². The van der Waals surface area contributed by atoms with Gasteiger partial charge in [-0.2, -0.15) is 0 Å². The molecule has 0 heterocycles. The minimum Gasteiger partial charge on any atom is -0.466 e. The van der Waals surface area contributed by atoms with Crippen LogP contribution < -0.4 is 0 Å². The van der Waals surface area contributed by atoms with Crippen LogP contribution in [0.1, 0.15) is 18.9 Å². The van der Waals surface area contributed by atoms with Gasteiger partial charge in [0, 0.05) is 5.56 Å². The van der Waals surface area contributed by atoms with E-state index in [4.69, 9.17) is 0 Å². The molecule has 0 aliphatic heterocycles. The zero-order chi connectivity index (χ0) is 12.0. The molecule has 0 fully saturated rings. The van der Waals surface area contributed by atoms with E-state index >= 15 is 0 Å². The zero-order valence-corrected chi connectivity index (χ0v) is 9.36. The Labute approximate surface area is 95.1 Å². The average molecular weight is 218 g/mol. The van der Waals surface area contributed by atoms with Crippen LogP contribution in [0.3, 0.4) is 0 Å². The van der Waals surface area contributed by atoms with Crippen molar-refractivity contribution >= 4 is 5.97 Å². The highest BCUT2D eigenvalue weighted by atomic mass is 16.5. The number of methoxy groups -OCH3 is 1. The van der Waals surface area contributed by atoms with Crippen LogP contribution in [0, 0.1) is 11.8 Å². The summed E-state index contributed by atoms with van der Waals surface area (Å²) in [6.07, 6.45) is 0.194. The van der Waals surface area contributed by atoms with Crippen LogP contribution in [0.15, 0.2) is 30.3 Å². The van der Waals surface area contributed by atoms with E-state index in [1.54, 1.807) is 19.1 Å². The molecule has 1 aromatic rings. The second-order valence-electron chi connectivity index (χ2n) is 3.32. The lowest BCUT2D eigenvalue weighted by molar-refractivity contribution is -0.156. The summed E-state index contributed by atoms with van der Waals surface area (Å²) in [6.45, 7) is 1.68. The fraction of sp³-hybridized carbons (Fsp3) is 0.308. The van der Waals surface area contributed by atoms with Crippen molar-refractivity contribution in [2.75, 3.05) is 7.11 Å². The van der Waals surface area contributed by atoms with Gasteiger partial charge in [0.15, 0.2) is 0 Å². The van der Waals surface area contributed by atoms with E-state index in [1.807, 2.05) is 18.2 Å². The molecule has 0 spiro atoms. The molecule has 0 bridgehead atoms. The third kappa shape index (κ3) is 2.85. The van der Waals surface area contributed by atoms with Gasteiger partial charge in [-0.05, 0) is 18.6 Å². The van der Waals surface area contributed by atoms with Gasteiger partial charge in [0.1, 0.15) is 0 Å². The summed E-state index contributed by atoms with van der Waals surface area (Å²) in [7, 11) is 1.23. The first-order valence-electron chi connectivity index (χ1n) is 5.01. The molecule has 1 aromatic carbocycles. The third-order valence-electron chi connectivity index (χ3n) is 2.22. The minimum absolute atomic E-state index is 0.194. The number of carbonyl (C=O) groups is 1. The second kappa shape index (κ2) is 5.34. The monoisotopic (exact) mass is 218 g/mol. The number of ether oxygens (including phenoxy) is 1. The maximum Gasteiger partial charge on any atom is 0.350 e. The summed E-state index contributed by atoms with van der Waals surface area (Å²) in [5.41, 5.74) is -0.969. The van der Waals surface area contributed by atoms with Crippen molar-refractivity contribution in [1.82, 2.24) is 0 Å². The summed E-state index contributed by atoms with van der Waals surface area (Å²) < 4.78 is 4.50. The van der Waals surface area contributed by atoms with E-state index in [0.29, 0.717) is 0 Å². The Balaban J connectivity index is 2.94. The van der Waals surface area contributed by atoms with E-state index in [1.165, 1.54) is 7.11 Å². The molecule has 0 aliphatic carbocycles. The lowest BCUT2D eigenvalue weighted by Crippen LogP contribution is -2.37. The quantitative estimate of drug-likeness (QED) is 0.602. The summed E-state index contributed by atoms with van der Waals surface area (Å²) in [5.74, 6) is 4.57. The van der Waals surface area contributed by atoms with Crippen LogP contribution in [0.25, 0.3) is 0 Å². The number of carbonyl (C=O) groups excluding carboxylic acids is 1. The van der Waals surface area contributed by atoms with Gasteiger partial charge < -0.3 is 9.84 Å².